The Bertz CT molecular complexity index is 1050. The summed E-state index contributed by atoms with van der Waals surface area (Å²) >= 11 is 3.49. The molecule has 2 fully saturated rings. The van der Waals surface area contributed by atoms with Crippen molar-refractivity contribution in [2.45, 2.75) is 56.1 Å². The molecule has 8 nitrogen and oxygen atoms in total. The number of nitrogens with one attached hydrogen (secondary N) is 1. The van der Waals surface area contributed by atoms with E-state index in [9.17, 15) is 15.0 Å². The van der Waals surface area contributed by atoms with Crippen LogP contribution >= 0.6 is 15.9 Å². The number of aliphatic hydroxyl groups excluding tert-OH is 1. The van der Waals surface area contributed by atoms with E-state index in [0.29, 0.717) is 52.1 Å². The summed E-state index contributed by atoms with van der Waals surface area (Å²) in [6.07, 6.45) is 4.09. The molecule has 9 heteroatoms. The van der Waals surface area contributed by atoms with Crippen molar-refractivity contribution in [3.05, 3.63) is 51.9 Å². The van der Waals surface area contributed by atoms with E-state index >= 15 is 0 Å². The number of carbonyl (C=O) groups is 1. The highest BCUT2D eigenvalue weighted by molar-refractivity contribution is 9.10. The molecule has 0 radical (unpaired) electrons. The van der Waals surface area contributed by atoms with Crippen LogP contribution in [-0.4, -0.2) is 75.9 Å². The van der Waals surface area contributed by atoms with Gasteiger partial charge in [0.15, 0.2) is 0 Å². The number of hydrogen-bond acceptors (Lipinski definition) is 7. The zero-order valence-corrected chi connectivity index (χ0v) is 21.7. The summed E-state index contributed by atoms with van der Waals surface area (Å²) in [7, 11) is 0. The average Bonchev–Trinajstić information content (AvgIpc) is 3.53. The van der Waals surface area contributed by atoms with Crippen molar-refractivity contribution in [3.63, 3.8) is 0 Å². The fourth-order valence-electron chi connectivity index (χ4n) is 5.33. The van der Waals surface area contributed by atoms with Crippen LogP contribution in [-0.2, 0) is 4.79 Å². The van der Waals surface area contributed by atoms with Gasteiger partial charge < -0.3 is 25.3 Å². The van der Waals surface area contributed by atoms with E-state index in [-0.39, 0.29) is 17.7 Å². The summed E-state index contributed by atoms with van der Waals surface area (Å²) in [5, 5.41) is 23.8. The van der Waals surface area contributed by atoms with Crippen LogP contribution in [0.3, 0.4) is 0 Å². The maximum atomic E-state index is 13.7. The maximum absolute atomic E-state index is 13.7. The van der Waals surface area contributed by atoms with Gasteiger partial charge in [-0.05, 0) is 55.8 Å². The molecule has 0 spiro atoms. The second kappa shape index (κ2) is 10.1. The zero-order chi connectivity index (χ0) is 24.6. The second-order valence-electron chi connectivity index (χ2n) is 10.3. The van der Waals surface area contributed by atoms with E-state index in [1.54, 1.807) is 6.33 Å². The Kier molecular flexibility index (Phi) is 7.12. The molecule has 3 aliphatic rings. The summed E-state index contributed by atoms with van der Waals surface area (Å²) in [5.74, 6) is 1.04. The summed E-state index contributed by atoms with van der Waals surface area (Å²) in [5.41, 5.74) is 2.28. The van der Waals surface area contributed by atoms with Crippen molar-refractivity contribution in [2.24, 2.45) is 0 Å². The Labute approximate surface area is 214 Å². The number of anilines is 1. The van der Waals surface area contributed by atoms with Crippen molar-refractivity contribution >= 4 is 27.7 Å². The summed E-state index contributed by atoms with van der Waals surface area (Å²) in [6, 6.07) is 8.01. The van der Waals surface area contributed by atoms with Gasteiger partial charge in [0.1, 0.15) is 12.1 Å². The highest BCUT2D eigenvalue weighted by Crippen LogP contribution is 2.43. The van der Waals surface area contributed by atoms with Crippen molar-refractivity contribution in [3.8, 4) is 0 Å². The van der Waals surface area contributed by atoms with Gasteiger partial charge in [-0.3, -0.25) is 4.79 Å². The first kappa shape index (κ1) is 24.6. The van der Waals surface area contributed by atoms with E-state index in [2.05, 4.69) is 43.0 Å². The Hall–Kier alpha value is -2.07. The largest absolute Gasteiger partial charge is 0.389 e. The summed E-state index contributed by atoms with van der Waals surface area (Å²) < 4.78 is 0.992. The van der Waals surface area contributed by atoms with E-state index in [0.717, 1.165) is 40.0 Å². The topological polar surface area (TPSA) is 102 Å². The third-order valence-corrected chi connectivity index (χ3v) is 8.16. The molecular formula is C26H34BrN5O3. The van der Waals surface area contributed by atoms with Crippen LogP contribution in [0.5, 0.6) is 0 Å². The van der Waals surface area contributed by atoms with Gasteiger partial charge in [0, 0.05) is 42.8 Å². The van der Waals surface area contributed by atoms with Crippen molar-refractivity contribution < 1.29 is 15.0 Å². The van der Waals surface area contributed by atoms with Gasteiger partial charge in [-0.2, -0.15) is 0 Å². The van der Waals surface area contributed by atoms with E-state index in [4.69, 9.17) is 0 Å². The molecule has 0 bridgehead atoms. The molecule has 2 aliphatic carbocycles. The van der Waals surface area contributed by atoms with Crippen LogP contribution in [0.1, 0.15) is 67.4 Å². The van der Waals surface area contributed by atoms with Crippen molar-refractivity contribution in [1.29, 1.82) is 0 Å². The minimum absolute atomic E-state index is 0.149. The lowest BCUT2D eigenvalue weighted by molar-refractivity contribution is -0.133. The molecule has 0 unspecified atom stereocenters. The van der Waals surface area contributed by atoms with Crippen LogP contribution in [0.4, 0.5) is 5.82 Å². The monoisotopic (exact) mass is 543 g/mol. The highest BCUT2D eigenvalue weighted by atomic mass is 79.9. The fraction of sp³-hybridized carbons (Fsp3) is 0.577. The number of rotatable bonds is 8. The van der Waals surface area contributed by atoms with Crippen LogP contribution in [0.2, 0.25) is 0 Å². The second-order valence-corrected chi connectivity index (χ2v) is 11.2. The van der Waals surface area contributed by atoms with Crippen LogP contribution < -0.4 is 10.2 Å². The van der Waals surface area contributed by atoms with Gasteiger partial charge >= 0.3 is 0 Å². The minimum atomic E-state index is -0.540. The van der Waals surface area contributed by atoms with Gasteiger partial charge in [-0.15, -0.1) is 0 Å². The number of carbonyl (C=O) groups excluding carboxylic acids is 1. The number of halogens is 1. The molecule has 1 amide bonds. The maximum Gasteiger partial charge on any atom is 0.230 e. The third kappa shape index (κ3) is 5.38. The van der Waals surface area contributed by atoms with E-state index in [1.807, 2.05) is 29.2 Å². The Balaban J connectivity index is 1.25. The lowest BCUT2D eigenvalue weighted by Crippen LogP contribution is -2.50. The number of amides is 1. The Morgan fingerprint density at radius 1 is 1.20 bits per heavy atom. The molecular weight excluding hydrogens is 510 g/mol. The Morgan fingerprint density at radius 3 is 2.60 bits per heavy atom. The number of benzene rings is 1. The molecule has 1 saturated heterocycles. The minimum Gasteiger partial charge on any atom is -0.389 e. The number of aromatic nitrogens is 2. The zero-order valence-electron chi connectivity index (χ0n) is 20.2. The van der Waals surface area contributed by atoms with Gasteiger partial charge in [0.2, 0.25) is 5.91 Å². The molecule has 1 aromatic heterocycles. The van der Waals surface area contributed by atoms with Gasteiger partial charge in [-0.25, -0.2) is 9.97 Å². The van der Waals surface area contributed by atoms with Crippen LogP contribution in [0.15, 0.2) is 35.1 Å². The highest BCUT2D eigenvalue weighted by Gasteiger charge is 2.40. The number of aliphatic hydroxyl groups is 2. The molecule has 3 N–H and O–H groups in total. The molecule has 35 heavy (non-hydrogen) atoms. The quantitative estimate of drug-likeness (QED) is 0.440. The first-order valence-electron chi connectivity index (χ1n) is 12.6. The normalized spacial score (nSPS) is 23.8. The van der Waals surface area contributed by atoms with Crippen LogP contribution in [0, 0.1) is 0 Å². The van der Waals surface area contributed by atoms with Gasteiger partial charge in [0.05, 0.1) is 23.3 Å². The molecule has 1 saturated carbocycles. The van der Waals surface area contributed by atoms with E-state index in [1.165, 1.54) is 0 Å². The van der Waals surface area contributed by atoms with Crippen molar-refractivity contribution in [2.75, 3.05) is 44.2 Å². The summed E-state index contributed by atoms with van der Waals surface area (Å²) in [6.45, 7) is 6.06. The lowest BCUT2D eigenvalue weighted by Gasteiger charge is -2.38. The molecule has 188 valence electrons. The smallest absolute Gasteiger partial charge is 0.230 e. The predicted octanol–water partition coefficient (Wildman–Crippen LogP) is 2.72. The Morgan fingerprint density at radius 2 is 1.91 bits per heavy atom. The average molecular weight is 544 g/mol. The number of fused-ring (bicyclic) bond motifs is 1. The number of piperazine rings is 1. The van der Waals surface area contributed by atoms with Gasteiger partial charge in [-0.1, -0.05) is 35.0 Å². The fourth-order valence-corrected chi connectivity index (χ4v) is 5.59. The van der Waals surface area contributed by atoms with E-state index < -0.39 is 11.7 Å². The molecule has 2 heterocycles. The molecule has 1 aromatic carbocycles. The first-order chi connectivity index (χ1) is 16.8. The molecule has 1 aliphatic heterocycles. The number of nitrogens with zero attached hydrogens (tertiary/aromatic N) is 4. The van der Waals surface area contributed by atoms with Gasteiger partial charge in [0.25, 0.3) is 0 Å². The lowest BCUT2D eigenvalue weighted by atomic mass is 9.93. The molecule has 5 rings (SSSR count). The molecule has 3 atom stereocenters. The summed E-state index contributed by atoms with van der Waals surface area (Å²) in [4.78, 5) is 26.8. The molecule has 2 aromatic rings. The third-order valence-electron chi connectivity index (χ3n) is 7.63. The van der Waals surface area contributed by atoms with Crippen molar-refractivity contribution in [1.82, 2.24) is 20.2 Å². The predicted molar refractivity (Wildman–Crippen MR) is 137 cm³/mol. The standard InChI is InChI=1S/C26H34BrN5O3/c1-17-14-21(33)23-22(17)24(30-16-29-23)31-10-12-32(13-11-31)25(34)20(18-2-4-19(27)5-3-18)6-9-28-15-26(35)7-8-26/h2-5,16-17,20-21,28,33,35H,6-15H2,1H3/t17-,20-,21-/m1/s1. The number of hydrogen-bond donors (Lipinski definition) is 3. The van der Waals surface area contributed by atoms with Crippen LogP contribution in [0.25, 0.3) is 0 Å². The SMILES string of the molecule is C[C@@H]1C[C@@H](O)c2ncnc(N3CCN(C(=O)[C@H](CCNCC4(O)CC4)c4ccc(Br)cc4)CC3)c21. The first-order valence-corrected chi connectivity index (χ1v) is 13.4.